The van der Waals surface area contributed by atoms with Crippen molar-refractivity contribution in [2.75, 3.05) is 7.11 Å². The molecule has 1 unspecified atom stereocenters. The molecule has 0 spiro atoms. The molecule has 1 N–H and O–H groups in total. The lowest BCUT2D eigenvalue weighted by atomic mass is 9.84. The van der Waals surface area contributed by atoms with Gasteiger partial charge in [-0.1, -0.05) is 18.2 Å². The van der Waals surface area contributed by atoms with Crippen LogP contribution in [0.3, 0.4) is 0 Å². The largest absolute Gasteiger partial charge is 0.496 e. The van der Waals surface area contributed by atoms with E-state index in [0.717, 1.165) is 11.6 Å². The molecule has 0 aliphatic rings. The van der Waals surface area contributed by atoms with E-state index in [1.807, 2.05) is 0 Å². The Labute approximate surface area is 156 Å². The van der Waals surface area contributed by atoms with Crippen molar-refractivity contribution < 1.29 is 27.4 Å². The van der Waals surface area contributed by atoms with Gasteiger partial charge >= 0.3 is 6.18 Å². The predicted octanol–water partition coefficient (Wildman–Crippen LogP) is 5.48. The molecule has 0 saturated carbocycles. The number of aliphatic hydroxyl groups is 1. The highest BCUT2D eigenvalue weighted by Gasteiger charge is 2.56. The van der Waals surface area contributed by atoms with Gasteiger partial charge in [-0.15, -0.1) is 0 Å². The predicted molar refractivity (Wildman–Crippen MR) is 97.2 cm³/mol. The lowest BCUT2D eigenvalue weighted by Gasteiger charge is -2.33. The van der Waals surface area contributed by atoms with Gasteiger partial charge in [-0.05, 0) is 67.3 Å². The third-order valence-electron chi connectivity index (χ3n) is 4.53. The van der Waals surface area contributed by atoms with Crippen LogP contribution < -0.4 is 4.74 Å². The maximum absolute atomic E-state index is 14.0. The number of allylic oxidation sites excluding steroid dienone is 1. The quantitative estimate of drug-likeness (QED) is 0.694. The third-order valence-corrected chi connectivity index (χ3v) is 4.53. The maximum atomic E-state index is 14.0. The number of methoxy groups -OCH3 is 1. The van der Waals surface area contributed by atoms with E-state index in [0.29, 0.717) is 11.1 Å². The second-order valence-corrected chi connectivity index (χ2v) is 6.56. The van der Waals surface area contributed by atoms with Gasteiger partial charge in [0.25, 0.3) is 0 Å². The first-order valence-corrected chi connectivity index (χ1v) is 8.39. The Morgan fingerprint density at radius 2 is 1.67 bits per heavy atom. The monoisotopic (exact) mass is 382 g/mol. The molecule has 0 aliphatic carbocycles. The van der Waals surface area contributed by atoms with Crippen molar-refractivity contribution in [3.63, 3.8) is 0 Å². The zero-order chi connectivity index (χ0) is 20.4. The van der Waals surface area contributed by atoms with Crippen molar-refractivity contribution in [1.82, 2.24) is 0 Å². The second kappa shape index (κ2) is 7.72. The van der Waals surface area contributed by atoms with Gasteiger partial charge < -0.3 is 9.84 Å². The number of hydrogen-bond donors (Lipinski definition) is 1. The Balaban J connectivity index is 2.65. The number of benzene rings is 2. The summed E-state index contributed by atoms with van der Waals surface area (Å²) in [6, 6.07) is 6.36. The molecule has 0 bridgehead atoms. The lowest BCUT2D eigenvalue weighted by Crippen LogP contribution is -2.44. The third kappa shape index (κ3) is 4.33. The van der Waals surface area contributed by atoms with Crippen LogP contribution in [-0.2, 0) is 12.0 Å². The standard InChI is InChI=1S/C21H22F4O2/c1-5-6-15-9-16(11-17(22)10-15)12-20(26,21(23,24)25)18-7-13(2)14(3)8-19(18)27-4/h5-11,26H,12H2,1-4H3/b6-5+. The molecule has 1 atom stereocenters. The average molecular weight is 382 g/mol. The number of halogens is 4. The van der Waals surface area contributed by atoms with E-state index in [4.69, 9.17) is 4.74 Å². The summed E-state index contributed by atoms with van der Waals surface area (Å²) in [7, 11) is 1.25. The second-order valence-electron chi connectivity index (χ2n) is 6.56. The molecule has 0 saturated heterocycles. The van der Waals surface area contributed by atoms with E-state index in [-0.39, 0.29) is 11.3 Å². The molecular formula is C21H22F4O2. The summed E-state index contributed by atoms with van der Waals surface area (Å²) in [4.78, 5) is 0. The van der Waals surface area contributed by atoms with Crippen molar-refractivity contribution in [1.29, 1.82) is 0 Å². The summed E-state index contributed by atoms with van der Waals surface area (Å²) in [5, 5.41) is 10.8. The Bertz CT molecular complexity index is 856. The highest BCUT2D eigenvalue weighted by molar-refractivity contribution is 5.51. The molecular weight excluding hydrogens is 360 g/mol. The normalized spacial score (nSPS) is 14.4. The Kier molecular flexibility index (Phi) is 6.00. The van der Waals surface area contributed by atoms with Crippen molar-refractivity contribution in [2.45, 2.75) is 39.0 Å². The van der Waals surface area contributed by atoms with Crippen LogP contribution in [0.25, 0.3) is 6.08 Å². The molecule has 0 fully saturated rings. The highest BCUT2D eigenvalue weighted by atomic mass is 19.4. The molecule has 0 aliphatic heterocycles. The topological polar surface area (TPSA) is 29.5 Å². The van der Waals surface area contributed by atoms with Crippen LogP contribution in [0, 0.1) is 19.7 Å². The van der Waals surface area contributed by atoms with Gasteiger partial charge in [-0.3, -0.25) is 0 Å². The average Bonchev–Trinajstić information content (AvgIpc) is 2.55. The van der Waals surface area contributed by atoms with Crippen molar-refractivity contribution >= 4 is 6.08 Å². The molecule has 2 aromatic carbocycles. The molecule has 6 heteroatoms. The lowest BCUT2D eigenvalue weighted by molar-refractivity contribution is -0.266. The molecule has 0 radical (unpaired) electrons. The first-order chi connectivity index (χ1) is 12.5. The number of hydrogen-bond acceptors (Lipinski definition) is 2. The minimum Gasteiger partial charge on any atom is -0.496 e. The fourth-order valence-electron chi connectivity index (χ4n) is 2.99. The van der Waals surface area contributed by atoms with Crippen molar-refractivity contribution in [3.8, 4) is 5.75 Å². The van der Waals surface area contributed by atoms with Crippen LogP contribution >= 0.6 is 0 Å². The molecule has 2 aromatic rings. The van der Waals surface area contributed by atoms with E-state index in [9.17, 15) is 22.7 Å². The molecule has 0 aromatic heterocycles. The summed E-state index contributed by atoms with van der Waals surface area (Å²) in [6.07, 6.45) is -2.59. The van der Waals surface area contributed by atoms with Crippen LogP contribution in [0.5, 0.6) is 5.75 Å². The minimum absolute atomic E-state index is 0.0307. The van der Waals surface area contributed by atoms with Crippen LogP contribution in [0.15, 0.2) is 36.4 Å². The molecule has 2 nitrogen and oxygen atoms in total. The summed E-state index contributed by atoms with van der Waals surface area (Å²) in [5.41, 5.74) is -1.84. The van der Waals surface area contributed by atoms with Crippen LogP contribution in [0.1, 0.15) is 34.7 Å². The fourth-order valence-corrected chi connectivity index (χ4v) is 2.99. The van der Waals surface area contributed by atoms with Crippen LogP contribution in [-0.4, -0.2) is 18.4 Å². The maximum Gasteiger partial charge on any atom is 0.421 e. The zero-order valence-electron chi connectivity index (χ0n) is 15.6. The van der Waals surface area contributed by atoms with E-state index < -0.39 is 29.6 Å². The summed E-state index contributed by atoms with van der Waals surface area (Å²) in [6.45, 7) is 5.11. The Morgan fingerprint density at radius 1 is 1.04 bits per heavy atom. The molecule has 0 heterocycles. The van der Waals surface area contributed by atoms with Crippen molar-refractivity contribution in [3.05, 3.63) is 70.0 Å². The number of aryl methyl sites for hydroxylation is 2. The van der Waals surface area contributed by atoms with Crippen LogP contribution in [0.4, 0.5) is 17.6 Å². The highest BCUT2D eigenvalue weighted by Crippen LogP contribution is 2.45. The van der Waals surface area contributed by atoms with E-state index >= 15 is 0 Å². The molecule has 2 rings (SSSR count). The molecule has 27 heavy (non-hydrogen) atoms. The van der Waals surface area contributed by atoms with Crippen molar-refractivity contribution in [2.24, 2.45) is 0 Å². The zero-order valence-corrected chi connectivity index (χ0v) is 15.6. The summed E-state index contributed by atoms with van der Waals surface area (Å²) >= 11 is 0. The van der Waals surface area contributed by atoms with Gasteiger partial charge in [0, 0.05) is 12.0 Å². The summed E-state index contributed by atoms with van der Waals surface area (Å²) in [5.74, 6) is -0.736. The van der Waals surface area contributed by atoms with Gasteiger partial charge in [-0.25, -0.2) is 4.39 Å². The first-order valence-electron chi connectivity index (χ1n) is 8.39. The smallest absolute Gasteiger partial charge is 0.421 e. The molecule has 0 amide bonds. The first kappa shape index (κ1) is 21.0. The SMILES string of the molecule is C/C=C/c1cc(F)cc(CC(O)(c2cc(C)c(C)cc2OC)C(F)(F)F)c1. The number of ether oxygens (including phenoxy) is 1. The minimum atomic E-state index is -4.99. The van der Waals surface area contributed by atoms with Gasteiger partial charge in [0.05, 0.1) is 7.11 Å². The Hall–Kier alpha value is -2.34. The summed E-state index contributed by atoms with van der Waals surface area (Å²) < 4.78 is 60.8. The number of rotatable bonds is 5. The van der Waals surface area contributed by atoms with E-state index in [2.05, 4.69) is 0 Å². The molecule has 146 valence electrons. The van der Waals surface area contributed by atoms with Crippen LogP contribution in [0.2, 0.25) is 0 Å². The Morgan fingerprint density at radius 3 is 2.22 bits per heavy atom. The van der Waals surface area contributed by atoms with E-state index in [1.54, 1.807) is 32.9 Å². The number of alkyl halides is 3. The van der Waals surface area contributed by atoms with Gasteiger partial charge in [0.15, 0.2) is 5.60 Å². The van der Waals surface area contributed by atoms with E-state index in [1.165, 1.54) is 31.4 Å². The van der Waals surface area contributed by atoms with Gasteiger partial charge in [-0.2, -0.15) is 13.2 Å². The fraction of sp³-hybridized carbons (Fsp3) is 0.333. The van der Waals surface area contributed by atoms with Gasteiger partial charge in [0.1, 0.15) is 11.6 Å². The van der Waals surface area contributed by atoms with Gasteiger partial charge in [0.2, 0.25) is 0 Å².